The number of hydrogen-bond acceptors (Lipinski definition) is 5. The average molecular weight is 485 g/mol. The van der Waals surface area contributed by atoms with Crippen LogP contribution in [-0.2, 0) is 14.3 Å². The number of alkyl carbamates (subject to hydrolysis) is 1. The zero-order valence-corrected chi connectivity index (χ0v) is 20.9. The fourth-order valence-corrected chi connectivity index (χ4v) is 4.72. The van der Waals surface area contributed by atoms with Gasteiger partial charge >= 0.3 is 12.1 Å². The Morgan fingerprint density at radius 1 is 1.06 bits per heavy atom. The molecule has 0 fully saturated rings. The smallest absolute Gasteiger partial charge is 0.407 e. The molecule has 1 aliphatic carbocycles. The van der Waals surface area contributed by atoms with Crippen LogP contribution >= 0.6 is 11.8 Å². The molecule has 34 heavy (non-hydrogen) atoms. The van der Waals surface area contributed by atoms with E-state index >= 15 is 0 Å². The predicted molar refractivity (Wildman–Crippen MR) is 134 cm³/mol. The summed E-state index contributed by atoms with van der Waals surface area (Å²) in [6.45, 7) is 5.01. The van der Waals surface area contributed by atoms with E-state index in [9.17, 15) is 19.5 Å². The SMILES string of the molecule is CSCC[C@H](NC(=O)OCC1c2ccccc2-c2ccccc21)C(=O)N(CC(=O)O)C(C)(C)C. The van der Waals surface area contributed by atoms with Crippen LogP contribution in [0.2, 0.25) is 0 Å². The number of hydrogen-bond donors (Lipinski definition) is 2. The van der Waals surface area contributed by atoms with Crippen molar-refractivity contribution in [2.45, 2.75) is 44.7 Å². The number of rotatable bonds is 9. The Labute approximate surface area is 204 Å². The van der Waals surface area contributed by atoms with E-state index in [1.807, 2.05) is 42.7 Å². The van der Waals surface area contributed by atoms with Crippen LogP contribution in [0.15, 0.2) is 48.5 Å². The minimum Gasteiger partial charge on any atom is -0.480 e. The van der Waals surface area contributed by atoms with Gasteiger partial charge in [-0.2, -0.15) is 11.8 Å². The van der Waals surface area contributed by atoms with Crippen molar-refractivity contribution < 1.29 is 24.2 Å². The Balaban J connectivity index is 1.72. The van der Waals surface area contributed by atoms with Gasteiger partial charge in [0.05, 0.1) is 0 Å². The second-order valence-electron chi connectivity index (χ2n) is 9.29. The van der Waals surface area contributed by atoms with Gasteiger partial charge in [-0.05, 0) is 61.5 Å². The summed E-state index contributed by atoms with van der Waals surface area (Å²) in [5.41, 5.74) is 3.76. The molecule has 0 bridgehead atoms. The van der Waals surface area contributed by atoms with Gasteiger partial charge in [0.25, 0.3) is 0 Å². The van der Waals surface area contributed by atoms with Gasteiger partial charge in [-0.1, -0.05) is 48.5 Å². The topological polar surface area (TPSA) is 95.9 Å². The molecule has 1 atom stereocenters. The maximum absolute atomic E-state index is 13.2. The van der Waals surface area contributed by atoms with Crippen molar-refractivity contribution in [1.82, 2.24) is 10.2 Å². The summed E-state index contributed by atoms with van der Waals surface area (Å²) in [6.07, 6.45) is 1.59. The van der Waals surface area contributed by atoms with Crippen LogP contribution in [0.1, 0.15) is 44.2 Å². The number of nitrogens with zero attached hydrogens (tertiary/aromatic N) is 1. The van der Waals surface area contributed by atoms with E-state index in [4.69, 9.17) is 4.74 Å². The number of carbonyl (C=O) groups is 3. The van der Waals surface area contributed by atoms with Crippen molar-refractivity contribution in [3.05, 3.63) is 59.7 Å². The van der Waals surface area contributed by atoms with Gasteiger partial charge in [-0.3, -0.25) is 9.59 Å². The average Bonchev–Trinajstić information content (AvgIpc) is 3.11. The lowest BCUT2D eigenvalue weighted by atomic mass is 9.98. The van der Waals surface area contributed by atoms with Crippen molar-refractivity contribution in [3.8, 4) is 11.1 Å². The summed E-state index contributed by atoms with van der Waals surface area (Å²) in [6, 6.07) is 15.3. The molecule has 2 N–H and O–H groups in total. The molecule has 7 nitrogen and oxygen atoms in total. The molecule has 0 unspecified atom stereocenters. The van der Waals surface area contributed by atoms with Crippen LogP contribution in [0.25, 0.3) is 11.1 Å². The number of aliphatic carboxylic acids is 1. The Morgan fingerprint density at radius 2 is 1.62 bits per heavy atom. The third-order valence-corrected chi connectivity index (χ3v) is 6.56. The first-order chi connectivity index (χ1) is 16.1. The lowest BCUT2D eigenvalue weighted by molar-refractivity contribution is -0.149. The zero-order chi connectivity index (χ0) is 24.9. The normalized spacial score (nSPS) is 13.5. The van der Waals surface area contributed by atoms with Crippen LogP contribution < -0.4 is 5.32 Å². The zero-order valence-electron chi connectivity index (χ0n) is 20.0. The van der Waals surface area contributed by atoms with Gasteiger partial charge in [0, 0.05) is 11.5 Å². The third kappa shape index (κ3) is 5.91. The Hall–Kier alpha value is -3.00. The maximum Gasteiger partial charge on any atom is 0.407 e. The highest BCUT2D eigenvalue weighted by molar-refractivity contribution is 7.98. The number of fused-ring (bicyclic) bond motifs is 3. The van der Waals surface area contributed by atoms with Crippen LogP contribution in [0.4, 0.5) is 4.79 Å². The first-order valence-electron chi connectivity index (χ1n) is 11.3. The standard InChI is InChI=1S/C26H32N2O5S/c1-26(2,3)28(15-23(29)30)24(31)22(13-14-34-4)27-25(32)33-16-21-19-11-7-5-9-17(19)18-10-6-8-12-20(18)21/h5-12,21-22H,13-16H2,1-4H3,(H,27,32)(H,29,30)/t22-/m0/s1. The highest BCUT2D eigenvalue weighted by Crippen LogP contribution is 2.44. The number of carboxylic acid groups (broad SMARTS) is 1. The predicted octanol–water partition coefficient (Wildman–Crippen LogP) is 4.36. The molecule has 2 aromatic carbocycles. The van der Waals surface area contributed by atoms with Gasteiger partial charge in [-0.15, -0.1) is 0 Å². The molecule has 0 aromatic heterocycles. The maximum atomic E-state index is 13.2. The van der Waals surface area contributed by atoms with E-state index in [1.54, 1.807) is 32.5 Å². The summed E-state index contributed by atoms with van der Waals surface area (Å²) in [7, 11) is 0. The van der Waals surface area contributed by atoms with Crippen molar-refractivity contribution in [2.75, 3.05) is 25.2 Å². The molecule has 2 amide bonds. The highest BCUT2D eigenvalue weighted by Gasteiger charge is 2.35. The van der Waals surface area contributed by atoms with Crippen LogP contribution in [0, 0.1) is 0 Å². The van der Waals surface area contributed by atoms with E-state index in [0.717, 1.165) is 22.3 Å². The number of ether oxygens (including phenoxy) is 1. The quantitative estimate of drug-likeness (QED) is 0.549. The summed E-state index contributed by atoms with van der Waals surface area (Å²) in [5, 5.41) is 12.0. The van der Waals surface area contributed by atoms with Crippen LogP contribution in [0.5, 0.6) is 0 Å². The van der Waals surface area contributed by atoms with E-state index in [0.29, 0.717) is 12.2 Å². The Kier molecular flexibility index (Phi) is 8.25. The number of benzene rings is 2. The van der Waals surface area contributed by atoms with Crippen molar-refractivity contribution in [3.63, 3.8) is 0 Å². The number of thioether (sulfide) groups is 1. The summed E-state index contributed by atoms with van der Waals surface area (Å²) < 4.78 is 5.60. The van der Waals surface area contributed by atoms with Gasteiger partial charge in [-0.25, -0.2) is 4.79 Å². The minimum absolute atomic E-state index is 0.0865. The summed E-state index contributed by atoms with van der Waals surface area (Å²) in [5.74, 6) is -0.993. The van der Waals surface area contributed by atoms with E-state index < -0.39 is 36.1 Å². The Bertz CT molecular complexity index is 1000. The lowest BCUT2D eigenvalue weighted by Gasteiger charge is -2.37. The van der Waals surface area contributed by atoms with Gasteiger partial charge in [0.2, 0.25) is 5.91 Å². The molecule has 0 saturated carbocycles. The van der Waals surface area contributed by atoms with Gasteiger partial charge in [0.15, 0.2) is 0 Å². The Morgan fingerprint density at radius 3 is 2.12 bits per heavy atom. The highest BCUT2D eigenvalue weighted by atomic mass is 32.2. The second-order valence-corrected chi connectivity index (χ2v) is 10.3. The number of carbonyl (C=O) groups excluding carboxylic acids is 2. The number of nitrogens with one attached hydrogen (secondary N) is 1. The summed E-state index contributed by atoms with van der Waals surface area (Å²) in [4.78, 5) is 38.6. The van der Waals surface area contributed by atoms with Crippen molar-refractivity contribution in [2.24, 2.45) is 0 Å². The van der Waals surface area contributed by atoms with Crippen molar-refractivity contribution in [1.29, 1.82) is 0 Å². The monoisotopic (exact) mass is 484 g/mol. The van der Waals surface area contributed by atoms with Gasteiger partial charge < -0.3 is 20.1 Å². The number of amides is 2. The van der Waals surface area contributed by atoms with Crippen LogP contribution in [-0.4, -0.2) is 64.7 Å². The molecule has 8 heteroatoms. The van der Waals surface area contributed by atoms with Crippen molar-refractivity contribution >= 4 is 29.7 Å². The molecule has 0 aliphatic heterocycles. The molecule has 3 rings (SSSR count). The first-order valence-corrected chi connectivity index (χ1v) is 12.7. The lowest BCUT2D eigenvalue weighted by Crippen LogP contribution is -2.56. The molecule has 1 aliphatic rings. The fourth-order valence-electron chi connectivity index (χ4n) is 4.24. The molecule has 0 heterocycles. The molecular formula is C26H32N2O5S. The molecule has 2 aromatic rings. The largest absolute Gasteiger partial charge is 0.480 e. The van der Waals surface area contributed by atoms with E-state index in [2.05, 4.69) is 17.4 Å². The first kappa shape index (κ1) is 25.6. The second kappa shape index (κ2) is 11.0. The molecule has 0 saturated heterocycles. The van der Waals surface area contributed by atoms with Gasteiger partial charge in [0.1, 0.15) is 19.2 Å². The molecular weight excluding hydrogens is 452 g/mol. The fraction of sp³-hybridized carbons (Fsp3) is 0.423. The summed E-state index contributed by atoms with van der Waals surface area (Å²) >= 11 is 1.55. The van der Waals surface area contributed by atoms with E-state index in [1.165, 1.54) is 4.90 Å². The van der Waals surface area contributed by atoms with E-state index in [-0.39, 0.29) is 12.5 Å². The van der Waals surface area contributed by atoms with Crippen LogP contribution in [0.3, 0.4) is 0 Å². The molecule has 0 radical (unpaired) electrons. The minimum atomic E-state index is -1.10. The molecule has 182 valence electrons. The number of carboxylic acids is 1. The third-order valence-electron chi connectivity index (χ3n) is 5.91. The molecule has 0 spiro atoms.